The Bertz CT molecular complexity index is 355. The van der Waals surface area contributed by atoms with Crippen molar-refractivity contribution in [1.82, 2.24) is 4.90 Å². The number of likely N-dealkylation sites (tertiary alicyclic amines) is 1. The molecule has 1 aliphatic rings. The van der Waals surface area contributed by atoms with Crippen LogP contribution in [0.2, 0.25) is 0 Å². The molecule has 0 aliphatic carbocycles. The number of aromatic hydroxyl groups is 1. The van der Waals surface area contributed by atoms with Gasteiger partial charge in [-0.25, -0.2) is 4.39 Å². The van der Waals surface area contributed by atoms with Crippen molar-refractivity contribution in [2.75, 3.05) is 20.1 Å². The number of phenolic OH excluding ortho intramolecular Hbond substituents is 1. The van der Waals surface area contributed by atoms with E-state index in [-0.39, 0.29) is 5.75 Å². The lowest BCUT2D eigenvalue weighted by molar-refractivity contribution is 0.171. The Morgan fingerprint density at radius 2 is 2.20 bits per heavy atom. The van der Waals surface area contributed by atoms with Gasteiger partial charge in [0.05, 0.1) is 0 Å². The van der Waals surface area contributed by atoms with Crippen LogP contribution in [0.1, 0.15) is 12.0 Å². The largest absolute Gasteiger partial charge is 0.508 e. The van der Waals surface area contributed by atoms with Crippen LogP contribution in [-0.4, -0.2) is 35.8 Å². The lowest BCUT2D eigenvalue weighted by Crippen LogP contribution is -2.29. The van der Waals surface area contributed by atoms with E-state index in [0.29, 0.717) is 24.9 Å². The molecule has 1 heterocycles. The molecule has 1 saturated heterocycles. The fraction of sp³-hybridized carbons (Fsp3) is 0.500. The van der Waals surface area contributed by atoms with E-state index in [2.05, 4.69) is 0 Å². The number of hydrogen-bond acceptors (Lipinski definition) is 2. The van der Waals surface area contributed by atoms with Crippen molar-refractivity contribution >= 4 is 0 Å². The van der Waals surface area contributed by atoms with E-state index < -0.39 is 5.67 Å². The molecule has 0 spiro atoms. The first-order chi connectivity index (χ1) is 7.09. The van der Waals surface area contributed by atoms with Crippen LogP contribution in [0.4, 0.5) is 4.39 Å². The van der Waals surface area contributed by atoms with Crippen molar-refractivity contribution in [2.24, 2.45) is 0 Å². The van der Waals surface area contributed by atoms with Crippen molar-refractivity contribution in [2.45, 2.75) is 18.5 Å². The first kappa shape index (κ1) is 10.4. The molecular formula is C12H16FNO. The quantitative estimate of drug-likeness (QED) is 0.805. The molecule has 2 rings (SSSR count). The average molecular weight is 209 g/mol. The third-order valence-corrected chi connectivity index (χ3v) is 2.99. The van der Waals surface area contributed by atoms with E-state index in [4.69, 9.17) is 0 Å². The van der Waals surface area contributed by atoms with E-state index in [1.54, 1.807) is 18.2 Å². The summed E-state index contributed by atoms with van der Waals surface area (Å²) in [6.07, 6.45) is 0.863. The van der Waals surface area contributed by atoms with E-state index in [9.17, 15) is 9.50 Å². The molecule has 0 saturated carbocycles. The number of halogens is 1. The van der Waals surface area contributed by atoms with Crippen LogP contribution in [-0.2, 0) is 6.42 Å². The minimum Gasteiger partial charge on any atom is -0.508 e. The molecular weight excluding hydrogens is 193 g/mol. The molecule has 0 aromatic heterocycles. The molecule has 1 aromatic rings. The van der Waals surface area contributed by atoms with E-state index in [1.807, 2.05) is 18.0 Å². The lowest BCUT2D eigenvalue weighted by atomic mass is 9.95. The fourth-order valence-electron chi connectivity index (χ4n) is 2.18. The maximum absolute atomic E-state index is 14.3. The number of hydrogen-bond donors (Lipinski definition) is 1. The third-order valence-electron chi connectivity index (χ3n) is 2.99. The first-order valence-corrected chi connectivity index (χ1v) is 5.23. The highest BCUT2D eigenvalue weighted by molar-refractivity contribution is 5.33. The Morgan fingerprint density at radius 1 is 1.47 bits per heavy atom. The molecule has 1 N–H and O–H groups in total. The minimum atomic E-state index is -1.17. The van der Waals surface area contributed by atoms with Crippen molar-refractivity contribution in [3.8, 4) is 5.75 Å². The van der Waals surface area contributed by atoms with Gasteiger partial charge in [0, 0.05) is 19.5 Å². The van der Waals surface area contributed by atoms with Gasteiger partial charge in [-0.15, -0.1) is 0 Å². The maximum atomic E-state index is 14.3. The monoisotopic (exact) mass is 209 g/mol. The standard InChI is InChI=1S/C12H16FNO/c1-14-7-6-12(13,9-14)8-10-4-2-3-5-11(10)15/h2-5,15H,6-9H2,1H3. The Hall–Kier alpha value is -1.09. The zero-order valence-corrected chi connectivity index (χ0v) is 8.91. The molecule has 0 bridgehead atoms. The summed E-state index contributed by atoms with van der Waals surface area (Å²) in [6.45, 7) is 1.26. The van der Waals surface area contributed by atoms with Gasteiger partial charge in [-0.1, -0.05) is 18.2 Å². The predicted molar refractivity (Wildman–Crippen MR) is 57.8 cm³/mol. The van der Waals surface area contributed by atoms with Gasteiger partial charge in [-0.3, -0.25) is 0 Å². The zero-order valence-electron chi connectivity index (χ0n) is 8.91. The molecule has 1 atom stereocenters. The summed E-state index contributed by atoms with van der Waals surface area (Å²) >= 11 is 0. The third kappa shape index (κ3) is 2.29. The summed E-state index contributed by atoms with van der Waals surface area (Å²) in [5.41, 5.74) is -0.469. The molecule has 2 nitrogen and oxygen atoms in total. The second-order valence-electron chi connectivity index (χ2n) is 4.44. The van der Waals surface area contributed by atoms with Crippen LogP contribution < -0.4 is 0 Å². The topological polar surface area (TPSA) is 23.5 Å². The highest BCUT2D eigenvalue weighted by atomic mass is 19.1. The molecule has 0 amide bonds. The normalized spacial score (nSPS) is 27.1. The summed E-state index contributed by atoms with van der Waals surface area (Å²) in [6, 6.07) is 6.98. The number of nitrogens with zero attached hydrogens (tertiary/aromatic N) is 1. The summed E-state index contributed by atoms with van der Waals surface area (Å²) < 4.78 is 14.3. The van der Waals surface area contributed by atoms with Gasteiger partial charge >= 0.3 is 0 Å². The Labute approximate surface area is 89.3 Å². The Kier molecular flexibility index (Phi) is 2.65. The van der Waals surface area contributed by atoms with Crippen molar-refractivity contribution in [3.05, 3.63) is 29.8 Å². The van der Waals surface area contributed by atoms with Crippen LogP contribution in [0.5, 0.6) is 5.75 Å². The Balaban J connectivity index is 2.12. The molecule has 1 aromatic carbocycles. The van der Waals surface area contributed by atoms with Crippen molar-refractivity contribution in [1.29, 1.82) is 0 Å². The highest BCUT2D eigenvalue weighted by Gasteiger charge is 2.37. The molecule has 0 radical (unpaired) electrons. The van der Waals surface area contributed by atoms with Crippen molar-refractivity contribution in [3.63, 3.8) is 0 Å². The number of benzene rings is 1. The van der Waals surface area contributed by atoms with Crippen LogP contribution in [0.15, 0.2) is 24.3 Å². The number of rotatable bonds is 2. The SMILES string of the molecule is CN1CCC(F)(Cc2ccccc2O)C1. The average Bonchev–Trinajstić information content (AvgIpc) is 2.51. The number of alkyl halides is 1. The van der Waals surface area contributed by atoms with Gasteiger partial charge in [0.25, 0.3) is 0 Å². The van der Waals surface area contributed by atoms with Gasteiger partial charge in [0.15, 0.2) is 0 Å². The van der Waals surface area contributed by atoms with E-state index >= 15 is 0 Å². The van der Waals surface area contributed by atoms with Gasteiger partial charge in [0.1, 0.15) is 11.4 Å². The lowest BCUT2D eigenvalue weighted by Gasteiger charge is -2.19. The summed E-state index contributed by atoms with van der Waals surface area (Å²) in [5.74, 6) is 0.198. The molecule has 1 fully saturated rings. The van der Waals surface area contributed by atoms with Crippen LogP contribution in [0.25, 0.3) is 0 Å². The molecule has 82 valence electrons. The highest BCUT2D eigenvalue weighted by Crippen LogP contribution is 2.31. The second-order valence-corrected chi connectivity index (χ2v) is 4.44. The Morgan fingerprint density at radius 3 is 2.80 bits per heavy atom. The van der Waals surface area contributed by atoms with Gasteiger partial charge < -0.3 is 10.0 Å². The smallest absolute Gasteiger partial charge is 0.129 e. The molecule has 15 heavy (non-hydrogen) atoms. The van der Waals surface area contributed by atoms with Crippen LogP contribution in [0.3, 0.4) is 0 Å². The van der Waals surface area contributed by atoms with E-state index in [1.165, 1.54) is 0 Å². The predicted octanol–water partition coefficient (Wildman–Crippen LogP) is 1.98. The van der Waals surface area contributed by atoms with Gasteiger partial charge in [-0.2, -0.15) is 0 Å². The molecule has 3 heteroatoms. The van der Waals surface area contributed by atoms with Crippen LogP contribution in [0, 0.1) is 0 Å². The fourth-order valence-corrected chi connectivity index (χ4v) is 2.18. The van der Waals surface area contributed by atoms with Crippen molar-refractivity contribution < 1.29 is 9.50 Å². The molecule has 1 unspecified atom stereocenters. The van der Waals surface area contributed by atoms with Gasteiger partial charge in [0.2, 0.25) is 0 Å². The van der Waals surface area contributed by atoms with E-state index in [0.717, 1.165) is 6.54 Å². The first-order valence-electron chi connectivity index (χ1n) is 5.23. The minimum absolute atomic E-state index is 0.198. The summed E-state index contributed by atoms with van der Waals surface area (Å²) in [7, 11) is 1.92. The maximum Gasteiger partial charge on any atom is 0.129 e. The molecule has 1 aliphatic heterocycles. The van der Waals surface area contributed by atoms with Crippen LogP contribution >= 0.6 is 0 Å². The number of phenols is 1. The zero-order chi connectivity index (χ0) is 10.9. The summed E-state index contributed by atoms with van der Waals surface area (Å²) in [5, 5.41) is 9.57. The van der Waals surface area contributed by atoms with Gasteiger partial charge in [-0.05, 0) is 25.1 Å². The second kappa shape index (κ2) is 3.81. The summed E-state index contributed by atoms with van der Waals surface area (Å²) in [4.78, 5) is 1.99. The number of para-hydroxylation sites is 1.